The molecular weight excluding hydrogens is 244 g/mol. The maximum atomic E-state index is 12.6. The van der Waals surface area contributed by atoms with Crippen molar-refractivity contribution in [1.82, 2.24) is 4.90 Å². The predicted molar refractivity (Wildman–Crippen MR) is 73.7 cm³/mol. The first-order valence-corrected chi connectivity index (χ1v) is 6.56. The maximum Gasteiger partial charge on any atom is 0.258 e. The number of hydrogen-bond donors (Lipinski definition) is 2. The Labute approximate surface area is 113 Å². The van der Waals surface area contributed by atoms with Gasteiger partial charge in [0.1, 0.15) is 6.61 Å². The molecule has 0 unspecified atom stereocenters. The predicted octanol–water partition coefficient (Wildman–Crippen LogP) is 1.33. The SMILES string of the molecule is CC(C)N(CCO)C(=O)c1cccc2c1OCCN2. The summed E-state index contributed by atoms with van der Waals surface area (Å²) in [5.41, 5.74) is 1.40. The molecule has 0 radical (unpaired) electrons. The number of carbonyl (C=O) groups excluding carboxylic acids is 1. The lowest BCUT2D eigenvalue weighted by Crippen LogP contribution is -2.39. The molecule has 1 aromatic rings. The first-order valence-electron chi connectivity index (χ1n) is 6.56. The van der Waals surface area contributed by atoms with E-state index >= 15 is 0 Å². The van der Waals surface area contributed by atoms with Crippen molar-refractivity contribution in [1.29, 1.82) is 0 Å². The van der Waals surface area contributed by atoms with E-state index in [9.17, 15) is 4.79 Å². The molecule has 0 fully saturated rings. The van der Waals surface area contributed by atoms with Gasteiger partial charge in [-0.2, -0.15) is 0 Å². The molecular formula is C14H20N2O3. The van der Waals surface area contributed by atoms with Gasteiger partial charge in [0.15, 0.2) is 5.75 Å². The number of anilines is 1. The first-order chi connectivity index (χ1) is 9.15. The van der Waals surface area contributed by atoms with Crippen LogP contribution in [0.15, 0.2) is 18.2 Å². The maximum absolute atomic E-state index is 12.6. The molecule has 1 heterocycles. The summed E-state index contributed by atoms with van der Waals surface area (Å²) in [6.07, 6.45) is 0. The van der Waals surface area contributed by atoms with E-state index in [0.717, 1.165) is 12.2 Å². The van der Waals surface area contributed by atoms with E-state index in [4.69, 9.17) is 9.84 Å². The zero-order chi connectivity index (χ0) is 13.8. The minimum Gasteiger partial charge on any atom is -0.489 e. The average molecular weight is 264 g/mol. The second-order valence-corrected chi connectivity index (χ2v) is 4.77. The van der Waals surface area contributed by atoms with Crippen LogP contribution in [0.25, 0.3) is 0 Å². The summed E-state index contributed by atoms with van der Waals surface area (Å²) in [7, 11) is 0. The molecule has 5 heteroatoms. The molecule has 104 valence electrons. The van der Waals surface area contributed by atoms with Crippen molar-refractivity contribution in [3.05, 3.63) is 23.8 Å². The molecule has 1 aromatic carbocycles. The summed E-state index contributed by atoms with van der Waals surface area (Å²) < 4.78 is 5.61. The van der Waals surface area contributed by atoms with E-state index in [1.54, 1.807) is 11.0 Å². The van der Waals surface area contributed by atoms with Crippen molar-refractivity contribution >= 4 is 11.6 Å². The van der Waals surface area contributed by atoms with Gasteiger partial charge in [-0.3, -0.25) is 4.79 Å². The fourth-order valence-electron chi connectivity index (χ4n) is 2.20. The van der Waals surface area contributed by atoms with Crippen LogP contribution in [0.1, 0.15) is 24.2 Å². The fraction of sp³-hybridized carbons (Fsp3) is 0.500. The average Bonchev–Trinajstić information content (AvgIpc) is 2.43. The van der Waals surface area contributed by atoms with Crippen molar-refractivity contribution in [2.45, 2.75) is 19.9 Å². The summed E-state index contributed by atoms with van der Waals surface area (Å²) in [4.78, 5) is 14.2. The van der Waals surface area contributed by atoms with E-state index in [1.165, 1.54) is 0 Å². The van der Waals surface area contributed by atoms with Gasteiger partial charge in [-0.15, -0.1) is 0 Å². The summed E-state index contributed by atoms with van der Waals surface area (Å²) in [6.45, 7) is 5.45. The Balaban J connectivity index is 2.32. The largest absolute Gasteiger partial charge is 0.489 e. The molecule has 0 saturated heterocycles. The highest BCUT2D eigenvalue weighted by molar-refractivity contribution is 5.99. The van der Waals surface area contributed by atoms with E-state index in [2.05, 4.69) is 5.32 Å². The van der Waals surface area contributed by atoms with Gasteiger partial charge in [0.25, 0.3) is 5.91 Å². The minimum atomic E-state index is -0.107. The monoisotopic (exact) mass is 264 g/mol. The standard InChI is InChI=1S/C14H20N2O3/c1-10(2)16(7-8-17)14(18)11-4-3-5-12-13(11)19-9-6-15-12/h3-5,10,15,17H,6-9H2,1-2H3. The van der Waals surface area contributed by atoms with Crippen LogP contribution in [0.2, 0.25) is 0 Å². The molecule has 2 N–H and O–H groups in total. The van der Waals surface area contributed by atoms with Gasteiger partial charge in [0, 0.05) is 19.1 Å². The number of benzene rings is 1. The number of carbonyl (C=O) groups is 1. The third-order valence-electron chi connectivity index (χ3n) is 3.13. The molecule has 0 spiro atoms. The lowest BCUT2D eigenvalue weighted by Gasteiger charge is -2.28. The van der Waals surface area contributed by atoms with Gasteiger partial charge in [-0.1, -0.05) is 6.07 Å². The van der Waals surface area contributed by atoms with Gasteiger partial charge in [-0.25, -0.2) is 0 Å². The number of aliphatic hydroxyl groups excluding tert-OH is 1. The van der Waals surface area contributed by atoms with Gasteiger partial charge < -0.3 is 20.1 Å². The third kappa shape index (κ3) is 2.81. The third-order valence-corrected chi connectivity index (χ3v) is 3.13. The van der Waals surface area contributed by atoms with E-state index in [-0.39, 0.29) is 18.6 Å². The van der Waals surface area contributed by atoms with Crippen molar-refractivity contribution in [2.24, 2.45) is 0 Å². The number of hydrogen-bond acceptors (Lipinski definition) is 4. The van der Waals surface area contributed by atoms with Crippen LogP contribution >= 0.6 is 0 Å². The minimum absolute atomic E-state index is 0.0343. The number of amides is 1. The van der Waals surface area contributed by atoms with Crippen molar-refractivity contribution < 1.29 is 14.6 Å². The Morgan fingerprint density at radius 3 is 3.00 bits per heavy atom. The van der Waals surface area contributed by atoms with Crippen LogP contribution in [0.5, 0.6) is 5.75 Å². The second-order valence-electron chi connectivity index (χ2n) is 4.77. The zero-order valence-corrected chi connectivity index (χ0v) is 11.3. The highest BCUT2D eigenvalue weighted by Gasteiger charge is 2.24. The first kappa shape index (κ1) is 13.7. The van der Waals surface area contributed by atoms with E-state index in [1.807, 2.05) is 26.0 Å². The van der Waals surface area contributed by atoms with Gasteiger partial charge in [0.05, 0.1) is 17.9 Å². The normalized spacial score (nSPS) is 13.5. The van der Waals surface area contributed by atoms with E-state index in [0.29, 0.717) is 24.5 Å². The molecule has 1 aliphatic rings. The number of fused-ring (bicyclic) bond motifs is 1. The molecule has 1 amide bonds. The quantitative estimate of drug-likeness (QED) is 0.861. The lowest BCUT2D eigenvalue weighted by atomic mass is 10.1. The van der Waals surface area contributed by atoms with Crippen molar-refractivity contribution in [2.75, 3.05) is 31.6 Å². The van der Waals surface area contributed by atoms with Crippen LogP contribution < -0.4 is 10.1 Å². The summed E-state index contributed by atoms with van der Waals surface area (Å²) >= 11 is 0. The van der Waals surface area contributed by atoms with Gasteiger partial charge in [-0.05, 0) is 26.0 Å². The number of ether oxygens (including phenoxy) is 1. The number of nitrogens with one attached hydrogen (secondary N) is 1. The van der Waals surface area contributed by atoms with Crippen LogP contribution in [0.4, 0.5) is 5.69 Å². The molecule has 0 aliphatic carbocycles. The van der Waals surface area contributed by atoms with Crippen LogP contribution in [-0.2, 0) is 0 Å². The lowest BCUT2D eigenvalue weighted by molar-refractivity contribution is 0.0661. The fourth-order valence-corrected chi connectivity index (χ4v) is 2.20. The molecule has 19 heavy (non-hydrogen) atoms. The number of rotatable bonds is 4. The van der Waals surface area contributed by atoms with Crippen molar-refractivity contribution in [3.8, 4) is 5.75 Å². The molecule has 0 aromatic heterocycles. The second kappa shape index (κ2) is 5.93. The Hall–Kier alpha value is -1.75. The number of nitrogens with zero attached hydrogens (tertiary/aromatic N) is 1. The van der Waals surface area contributed by atoms with E-state index < -0.39 is 0 Å². The summed E-state index contributed by atoms with van der Waals surface area (Å²) in [5.74, 6) is 0.506. The smallest absolute Gasteiger partial charge is 0.258 e. The zero-order valence-electron chi connectivity index (χ0n) is 11.3. The molecule has 0 saturated carbocycles. The molecule has 0 atom stereocenters. The highest BCUT2D eigenvalue weighted by Crippen LogP contribution is 2.32. The molecule has 1 aliphatic heterocycles. The number of para-hydroxylation sites is 1. The Morgan fingerprint density at radius 2 is 2.32 bits per heavy atom. The molecule has 2 rings (SSSR count). The Bertz CT molecular complexity index is 460. The van der Waals surface area contributed by atoms with Crippen LogP contribution in [0, 0.1) is 0 Å². The van der Waals surface area contributed by atoms with Crippen LogP contribution in [-0.4, -0.2) is 48.3 Å². The van der Waals surface area contributed by atoms with Crippen molar-refractivity contribution in [3.63, 3.8) is 0 Å². The Kier molecular flexibility index (Phi) is 4.27. The topological polar surface area (TPSA) is 61.8 Å². The molecule has 5 nitrogen and oxygen atoms in total. The van der Waals surface area contributed by atoms with Gasteiger partial charge >= 0.3 is 0 Å². The summed E-state index contributed by atoms with van der Waals surface area (Å²) in [5, 5.41) is 12.3. The number of aliphatic hydroxyl groups is 1. The highest BCUT2D eigenvalue weighted by atomic mass is 16.5. The summed E-state index contributed by atoms with van der Waals surface area (Å²) in [6, 6.07) is 5.54. The van der Waals surface area contributed by atoms with Gasteiger partial charge in [0.2, 0.25) is 0 Å². The van der Waals surface area contributed by atoms with Crippen LogP contribution in [0.3, 0.4) is 0 Å². The Morgan fingerprint density at radius 1 is 1.53 bits per heavy atom. The molecule has 0 bridgehead atoms.